The second-order valence-corrected chi connectivity index (χ2v) is 6.53. The van der Waals surface area contributed by atoms with E-state index >= 15 is 0 Å². The van der Waals surface area contributed by atoms with Crippen LogP contribution in [-0.2, 0) is 0 Å². The van der Waals surface area contributed by atoms with Crippen LogP contribution in [0.1, 0.15) is 0 Å². The molecule has 11 heteroatoms. The van der Waals surface area contributed by atoms with Crippen molar-refractivity contribution in [3.8, 4) is 34.3 Å². The van der Waals surface area contributed by atoms with Gasteiger partial charge in [0.05, 0.1) is 36.7 Å². The Morgan fingerprint density at radius 1 is 1.09 bits per heavy atom. The van der Waals surface area contributed by atoms with Crippen LogP contribution in [0.3, 0.4) is 0 Å². The van der Waals surface area contributed by atoms with Crippen molar-refractivity contribution in [1.82, 2.24) is 19.9 Å². The minimum absolute atomic E-state index is 0.0712. The SMILES string of the molecule is COc1ccc(-c2cnc(-c3ccnc(Nc4cc([N+](=O)[O-])c(F)cc4OC)n3)[nH]2)cc1. The van der Waals surface area contributed by atoms with Gasteiger partial charge in [-0.25, -0.2) is 15.0 Å². The number of benzene rings is 2. The molecule has 4 rings (SSSR count). The number of halogens is 1. The molecule has 0 fully saturated rings. The Hall–Kier alpha value is -4.54. The van der Waals surface area contributed by atoms with E-state index in [0.29, 0.717) is 11.5 Å². The zero-order chi connectivity index (χ0) is 22.7. The first-order valence-corrected chi connectivity index (χ1v) is 9.30. The molecule has 0 saturated heterocycles. The summed E-state index contributed by atoms with van der Waals surface area (Å²) in [5.74, 6) is 0.439. The number of nitro benzene ring substituents is 1. The van der Waals surface area contributed by atoms with E-state index in [9.17, 15) is 14.5 Å². The molecule has 0 atom stereocenters. The summed E-state index contributed by atoms with van der Waals surface area (Å²) in [4.78, 5) is 26.3. The highest BCUT2D eigenvalue weighted by molar-refractivity contribution is 5.68. The van der Waals surface area contributed by atoms with Gasteiger partial charge >= 0.3 is 5.69 Å². The Labute approximate surface area is 181 Å². The van der Waals surface area contributed by atoms with Crippen LogP contribution >= 0.6 is 0 Å². The van der Waals surface area contributed by atoms with Crippen molar-refractivity contribution < 1.29 is 18.8 Å². The number of nitro groups is 1. The predicted octanol–water partition coefficient (Wildman–Crippen LogP) is 4.34. The van der Waals surface area contributed by atoms with Crippen LogP contribution < -0.4 is 14.8 Å². The molecule has 2 aromatic carbocycles. The lowest BCUT2D eigenvalue weighted by atomic mass is 10.2. The molecule has 0 spiro atoms. The van der Waals surface area contributed by atoms with E-state index in [1.165, 1.54) is 13.3 Å². The van der Waals surface area contributed by atoms with Gasteiger partial charge in [-0.3, -0.25) is 10.1 Å². The molecule has 0 radical (unpaired) electrons. The molecule has 0 bridgehead atoms. The normalized spacial score (nSPS) is 10.6. The molecule has 0 saturated carbocycles. The first kappa shape index (κ1) is 20.7. The van der Waals surface area contributed by atoms with Crippen LogP contribution in [0.15, 0.2) is 54.9 Å². The minimum Gasteiger partial charge on any atom is -0.497 e. The van der Waals surface area contributed by atoms with Crippen LogP contribution in [-0.4, -0.2) is 39.1 Å². The lowest BCUT2D eigenvalue weighted by Gasteiger charge is -2.10. The summed E-state index contributed by atoms with van der Waals surface area (Å²) in [6, 6.07) is 11.1. The topological polar surface area (TPSA) is 128 Å². The standard InChI is InChI=1S/C21H17FN6O4/c1-31-13-5-3-12(4-6-13)17-11-24-20(25-17)15-7-8-23-21(26-15)27-16-10-18(28(29)30)14(22)9-19(16)32-2/h3-11H,1-2H3,(H,24,25)(H,23,26,27). The van der Waals surface area contributed by atoms with E-state index < -0.39 is 16.4 Å². The van der Waals surface area contributed by atoms with E-state index in [0.717, 1.165) is 29.1 Å². The smallest absolute Gasteiger partial charge is 0.307 e. The summed E-state index contributed by atoms with van der Waals surface area (Å²) in [6.45, 7) is 0. The zero-order valence-corrected chi connectivity index (χ0v) is 17.0. The molecule has 2 heterocycles. The summed E-state index contributed by atoms with van der Waals surface area (Å²) >= 11 is 0. The summed E-state index contributed by atoms with van der Waals surface area (Å²) in [7, 11) is 2.93. The molecule has 2 N–H and O–H groups in total. The van der Waals surface area contributed by atoms with E-state index in [1.54, 1.807) is 19.4 Å². The minimum atomic E-state index is -1.01. The van der Waals surface area contributed by atoms with Gasteiger partial charge in [0.2, 0.25) is 11.8 Å². The molecule has 4 aromatic rings. The van der Waals surface area contributed by atoms with Crippen LogP contribution in [0, 0.1) is 15.9 Å². The highest BCUT2D eigenvalue weighted by Crippen LogP contribution is 2.33. The van der Waals surface area contributed by atoms with Gasteiger partial charge in [-0.05, 0) is 35.9 Å². The monoisotopic (exact) mass is 436 g/mol. The molecule has 0 aliphatic rings. The fourth-order valence-electron chi connectivity index (χ4n) is 2.99. The molecule has 32 heavy (non-hydrogen) atoms. The van der Waals surface area contributed by atoms with Crippen molar-refractivity contribution in [2.24, 2.45) is 0 Å². The zero-order valence-electron chi connectivity index (χ0n) is 17.0. The summed E-state index contributed by atoms with van der Waals surface area (Å²) in [5, 5.41) is 13.9. The lowest BCUT2D eigenvalue weighted by Crippen LogP contribution is -2.02. The van der Waals surface area contributed by atoms with Crippen LogP contribution in [0.25, 0.3) is 22.8 Å². The number of methoxy groups -OCH3 is 2. The Morgan fingerprint density at radius 3 is 2.56 bits per heavy atom. The lowest BCUT2D eigenvalue weighted by molar-refractivity contribution is -0.387. The summed E-state index contributed by atoms with van der Waals surface area (Å²) < 4.78 is 24.2. The van der Waals surface area contributed by atoms with E-state index in [1.807, 2.05) is 24.3 Å². The average Bonchev–Trinajstić information content (AvgIpc) is 3.30. The van der Waals surface area contributed by atoms with Crippen molar-refractivity contribution in [3.05, 3.63) is 70.8 Å². The van der Waals surface area contributed by atoms with Gasteiger partial charge in [0, 0.05) is 18.3 Å². The fraction of sp³-hybridized carbons (Fsp3) is 0.0952. The largest absolute Gasteiger partial charge is 0.497 e. The fourth-order valence-corrected chi connectivity index (χ4v) is 2.99. The van der Waals surface area contributed by atoms with Crippen LogP contribution in [0.4, 0.5) is 21.7 Å². The number of imidazole rings is 1. The predicted molar refractivity (Wildman–Crippen MR) is 114 cm³/mol. The molecular weight excluding hydrogens is 419 g/mol. The molecule has 0 aliphatic carbocycles. The van der Waals surface area contributed by atoms with Crippen LogP contribution in [0.2, 0.25) is 0 Å². The number of anilines is 2. The molecule has 10 nitrogen and oxygen atoms in total. The number of rotatable bonds is 7. The number of aromatic amines is 1. The number of hydrogen-bond acceptors (Lipinski definition) is 8. The molecular formula is C21H17FN6O4. The number of H-pyrrole nitrogens is 1. The van der Waals surface area contributed by atoms with Crippen molar-refractivity contribution in [1.29, 1.82) is 0 Å². The second kappa shape index (κ2) is 8.68. The van der Waals surface area contributed by atoms with Crippen molar-refractivity contribution >= 4 is 17.3 Å². The summed E-state index contributed by atoms with van der Waals surface area (Å²) in [6.07, 6.45) is 3.18. The summed E-state index contributed by atoms with van der Waals surface area (Å²) in [5.41, 5.74) is 1.64. The van der Waals surface area contributed by atoms with Crippen molar-refractivity contribution in [2.75, 3.05) is 19.5 Å². The number of hydrogen-bond donors (Lipinski definition) is 2. The molecule has 0 amide bonds. The molecule has 162 valence electrons. The maximum Gasteiger partial charge on any atom is 0.307 e. The van der Waals surface area contributed by atoms with E-state index in [4.69, 9.17) is 9.47 Å². The van der Waals surface area contributed by atoms with E-state index in [2.05, 4.69) is 25.3 Å². The molecule has 2 aromatic heterocycles. The third kappa shape index (κ3) is 4.17. The Balaban J connectivity index is 1.62. The molecule has 0 aliphatic heterocycles. The Morgan fingerprint density at radius 2 is 1.88 bits per heavy atom. The third-order valence-electron chi connectivity index (χ3n) is 4.59. The average molecular weight is 436 g/mol. The number of nitrogens with zero attached hydrogens (tertiary/aromatic N) is 4. The van der Waals surface area contributed by atoms with Gasteiger partial charge in [-0.1, -0.05) is 0 Å². The highest BCUT2D eigenvalue weighted by Gasteiger charge is 2.20. The van der Waals surface area contributed by atoms with Crippen molar-refractivity contribution in [3.63, 3.8) is 0 Å². The first-order valence-electron chi connectivity index (χ1n) is 9.30. The van der Waals surface area contributed by atoms with Gasteiger partial charge in [0.15, 0.2) is 5.82 Å². The Bertz CT molecular complexity index is 1280. The Kier molecular flexibility index (Phi) is 5.62. The number of aromatic nitrogens is 4. The van der Waals surface area contributed by atoms with Crippen LogP contribution in [0.5, 0.6) is 11.5 Å². The van der Waals surface area contributed by atoms with Crippen molar-refractivity contribution in [2.45, 2.75) is 0 Å². The van der Waals surface area contributed by atoms with Gasteiger partial charge in [-0.15, -0.1) is 0 Å². The maximum atomic E-state index is 13.9. The van der Waals surface area contributed by atoms with Gasteiger partial charge in [0.1, 0.15) is 17.2 Å². The third-order valence-corrected chi connectivity index (χ3v) is 4.59. The number of ether oxygens (including phenoxy) is 2. The first-order chi connectivity index (χ1) is 15.5. The molecule has 0 unspecified atom stereocenters. The van der Waals surface area contributed by atoms with E-state index in [-0.39, 0.29) is 17.4 Å². The quantitative estimate of drug-likeness (QED) is 0.323. The maximum absolute atomic E-state index is 13.9. The van der Waals surface area contributed by atoms with Gasteiger partial charge < -0.3 is 19.8 Å². The van der Waals surface area contributed by atoms with Gasteiger partial charge in [-0.2, -0.15) is 4.39 Å². The highest BCUT2D eigenvalue weighted by atomic mass is 19.1. The second-order valence-electron chi connectivity index (χ2n) is 6.53. The van der Waals surface area contributed by atoms with Gasteiger partial charge in [0.25, 0.3) is 0 Å². The number of nitrogens with one attached hydrogen (secondary N) is 2.